The molecule has 0 radical (unpaired) electrons. The summed E-state index contributed by atoms with van der Waals surface area (Å²) < 4.78 is 1.77. The highest BCUT2D eigenvalue weighted by atomic mass is 35.5. The number of nitrogens with zero attached hydrogens (tertiary/aromatic N) is 3. The van der Waals surface area contributed by atoms with E-state index in [2.05, 4.69) is 17.1 Å². The second-order valence-corrected chi connectivity index (χ2v) is 4.72. The van der Waals surface area contributed by atoms with Crippen molar-refractivity contribution in [3.05, 3.63) is 39.4 Å². The number of aryl methyl sites for hydroxylation is 1. The Hall–Kier alpha value is -0.770. The van der Waals surface area contributed by atoms with Crippen LogP contribution in [0.25, 0.3) is 5.69 Å². The maximum absolute atomic E-state index is 6.02. The van der Waals surface area contributed by atoms with Crippen LogP contribution in [0, 0.1) is 0 Å². The van der Waals surface area contributed by atoms with Crippen LogP contribution >= 0.6 is 34.8 Å². The highest BCUT2D eigenvalue weighted by molar-refractivity contribution is 6.42. The quantitative estimate of drug-likeness (QED) is 0.849. The first kappa shape index (κ1) is 12.7. The molecule has 0 bridgehead atoms. The molecule has 0 amide bonds. The van der Waals surface area contributed by atoms with Crippen molar-refractivity contribution in [2.24, 2.45) is 0 Å². The van der Waals surface area contributed by atoms with Gasteiger partial charge in [-0.2, -0.15) is 0 Å². The van der Waals surface area contributed by atoms with E-state index in [-0.39, 0.29) is 0 Å². The molecule has 1 aromatic heterocycles. The van der Waals surface area contributed by atoms with Crippen LogP contribution in [0.5, 0.6) is 0 Å². The molecule has 0 N–H and O–H groups in total. The molecule has 0 atom stereocenters. The summed E-state index contributed by atoms with van der Waals surface area (Å²) in [5.41, 5.74) is 0.817. The number of halogens is 3. The number of benzene rings is 1. The fourth-order valence-electron chi connectivity index (χ4n) is 1.56. The maximum atomic E-state index is 6.02. The zero-order valence-corrected chi connectivity index (χ0v) is 11.4. The molecule has 0 aliphatic heterocycles. The Bertz CT molecular complexity index is 537. The molecule has 6 heteroatoms. The Kier molecular flexibility index (Phi) is 3.92. The largest absolute Gasteiger partial charge is 0.270 e. The second kappa shape index (κ2) is 5.25. The molecule has 0 fully saturated rings. The lowest BCUT2D eigenvalue weighted by Crippen LogP contribution is -2.01. The van der Waals surface area contributed by atoms with E-state index in [1.165, 1.54) is 0 Å². The van der Waals surface area contributed by atoms with Crippen molar-refractivity contribution in [2.75, 3.05) is 0 Å². The first-order valence-electron chi connectivity index (χ1n) is 5.18. The summed E-state index contributed by atoms with van der Waals surface area (Å²) in [6.07, 6.45) is 1.77. The van der Waals surface area contributed by atoms with Crippen molar-refractivity contribution in [3.8, 4) is 5.69 Å². The average molecular weight is 291 g/mol. The molecule has 0 saturated heterocycles. The van der Waals surface area contributed by atoms with Crippen LogP contribution in [0.3, 0.4) is 0 Å². The lowest BCUT2D eigenvalue weighted by molar-refractivity contribution is 0.803. The first-order valence-corrected chi connectivity index (χ1v) is 6.32. The van der Waals surface area contributed by atoms with Gasteiger partial charge in [0.2, 0.25) is 5.28 Å². The number of hydrogen-bond acceptors (Lipinski definition) is 2. The van der Waals surface area contributed by atoms with E-state index in [0.717, 1.165) is 24.4 Å². The van der Waals surface area contributed by atoms with Crippen LogP contribution in [0.15, 0.2) is 18.2 Å². The third-order valence-corrected chi connectivity index (χ3v) is 3.31. The van der Waals surface area contributed by atoms with Gasteiger partial charge >= 0.3 is 0 Å². The highest BCUT2D eigenvalue weighted by Crippen LogP contribution is 2.26. The minimum atomic E-state index is 0.326. The van der Waals surface area contributed by atoms with E-state index in [4.69, 9.17) is 34.8 Å². The Morgan fingerprint density at radius 1 is 1.12 bits per heavy atom. The lowest BCUT2D eigenvalue weighted by atomic mass is 10.3. The monoisotopic (exact) mass is 289 g/mol. The molecule has 0 unspecified atom stereocenters. The van der Waals surface area contributed by atoms with Gasteiger partial charge in [0.15, 0.2) is 0 Å². The van der Waals surface area contributed by atoms with Gasteiger partial charge in [0.1, 0.15) is 5.82 Å². The zero-order chi connectivity index (χ0) is 12.4. The molecule has 0 aliphatic rings. The van der Waals surface area contributed by atoms with Crippen LogP contribution in [-0.4, -0.2) is 14.8 Å². The predicted molar refractivity (Wildman–Crippen MR) is 70.4 cm³/mol. The summed E-state index contributed by atoms with van der Waals surface area (Å²) in [7, 11) is 0. The van der Waals surface area contributed by atoms with Crippen molar-refractivity contribution < 1.29 is 0 Å². The van der Waals surface area contributed by atoms with Crippen LogP contribution in [-0.2, 0) is 6.42 Å². The summed E-state index contributed by atoms with van der Waals surface area (Å²) >= 11 is 17.9. The summed E-state index contributed by atoms with van der Waals surface area (Å²) in [6, 6.07) is 5.31. The lowest BCUT2D eigenvalue weighted by Gasteiger charge is -2.08. The van der Waals surface area contributed by atoms with Gasteiger partial charge in [0, 0.05) is 6.42 Å². The minimum absolute atomic E-state index is 0.326. The zero-order valence-electron chi connectivity index (χ0n) is 9.12. The Morgan fingerprint density at radius 2 is 1.88 bits per heavy atom. The average Bonchev–Trinajstić information content (AvgIpc) is 2.65. The molecule has 1 heterocycles. The van der Waals surface area contributed by atoms with Gasteiger partial charge in [0.25, 0.3) is 0 Å². The first-order chi connectivity index (χ1) is 8.13. The summed E-state index contributed by atoms with van der Waals surface area (Å²) in [6.45, 7) is 2.07. The third kappa shape index (κ3) is 2.57. The van der Waals surface area contributed by atoms with Gasteiger partial charge in [-0.1, -0.05) is 30.1 Å². The van der Waals surface area contributed by atoms with Crippen molar-refractivity contribution in [1.82, 2.24) is 14.8 Å². The number of aromatic nitrogens is 3. The Morgan fingerprint density at radius 3 is 2.53 bits per heavy atom. The highest BCUT2D eigenvalue weighted by Gasteiger charge is 2.12. The molecule has 3 nitrogen and oxygen atoms in total. The standard InChI is InChI=1S/C11H10Cl3N3/c1-2-3-10-15-16-11(14)17(10)7-4-5-8(12)9(13)6-7/h4-6H,2-3H2,1H3. The van der Waals surface area contributed by atoms with Crippen molar-refractivity contribution >= 4 is 34.8 Å². The second-order valence-electron chi connectivity index (χ2n) is 3.57. The van der Waals surface area contributed by atoms with E-state index in [0.29, 0.717) is 15.3 Å². The molecular weight excluding hydrogens is 281 g/mol. The molecular formula is C11H10Cl3N3. The molecule has 0 aliphatic carbocycles. The van der Waals surface area contributed by atoms with E-state index >= 15 is 0 Å². The van der Waals surface area contributed by atoms with Gasteiger partial charge in [0.05, 0.1) is 15.7 Å². The van der Waals surface area contributed by atoms with Crippen LogP contribution in [0.2, 0.25) is 15.3 Å². The van der Waals surface area contributed by atoms with Crippen molar-refractivity contribution in [3.63, 3.8) is 0 Å². The van der Waals surface area contributed by atoms with Crippen molar-refractivity contribution in [1.29, 1.82) is 0 Å². The van der Waals surface area contributed by atoms with E-state index in [1.54, 1.807) is 16.7 Å². The molecule has 2 aromatic rings. The predicted octanol–water partition coefficient (Wildman–Crippen LogP) is 4.18. The molecule has 1 aromatic carbocycles. The van der Waals surface area contributed by atoms with E-state index < -0.39 is 0 Å². The van der Waals surface area contributed by atoms with E-state index in [1.807, 2.05) is 6.07 Å². The van der Waals surface area contributed by atoms with Gasteiger partial charge < -0.3 is 0 Å². The SMILES string of the molecule is CCCc1nnc(Cl)n1-c1ccc(Cl)c(Cl)c1. The maximum Gasteiger partial charge on any atom is 0.229 e. The Labute approximate surface area is 114 Å². The fourth-order valence-corrected chi connectivity index (χ4v) is 2.09. The smallest absolute Gasteiger partial charge is 0.229 e. The van der Waals surface area contributed by atoms with Gasteiger partial charge in [-0.15, -0.1) is 10.2 Å². The molecule has 0 spiro atoms. The Balaban J connectivity index is 2.51. The summed E-state index contributed by atoms with van der Waals surface area (Å²) in [4.78, 5) is 0. The molecule has 0 saturated carbocycles. The van der Waals surface area contributed by atoms with Gasteiger partial charge in [-0.3, -0.25) is 4.57 Å². The molecule has 17 heavy (non-hydrogen) atoms. The summed E-state index contributed by atoms with van der Waals surface area (Å²) in [5.74, 6) is 0.816. The number of rotatable bonds is 3. The van der Waals surface area contributed by atoms with Gasteiger partial charge in [-0.25, -0.2) is 0 Å². The molecule has 2 rings (SSSR count). The topological polar surface area (TPSA) is 30.7 Å². The fraction of sp³-hybridized carbons (Fsp3) is 0.273. The van der Waals surface area contributed by atoms with Crippen LogP contribution in [0.4, 0.5) is 0 Å². The number of hydrogen-bond donors (Lipinski definition) is 0. The summed E-state index contributed by atoms with van der Waals surface area (Å²) in [5, 5.41) is 9.22. The van der Waals surface area contributed by atoms with Crippen LogP contribution in [0.1, 0.15) is 19.2 Å². The van der Waals surface area contributed by atoms with Gasteiger partial charge in [-0.05, 0) is 36.2 Å². The van der Waals surface area contributed by atoms with E-state index in [9.17, 15) is 0 Å². The minimum Gasteiger partial charge on any atom is -0.270 e. The normalized spacial score (nSPS) is 10.8. The van der Waals surface area contributed by atoms with Crippen LogP contribution < -0.4 is 0 Å². The van der Waals surface area contributed by atoms with Crippen molar-refractivity contribution in [2.45, 2.75) is 19.8 Å². The third-order valence-electron chi connectivity index (χ3n) is 2.33. The molecule has 90 valence electrons.